The molecule has 0 amide bonds. The summed E-state index contributed by atoms with van der Waals surface area (Å²) in [4.78, 5) is 10.3. The van der Waals surface area contributed by atoms with Crippen LogP contribution in [0.5, 0.6) is 0 Å². The molecule has 1 heterocycles. The maximum absolute atomic E-state index is 10.3. The lowest BCUT2D eigenvalue weighted by Gasteiger charge is -2.03. The van der Waals surface area contributed by atoms with Crippen LogP contribution in [0.4, 0.5) is 0 Å². The molecule has 0 radical (unpaired) electrons. The van der Waals surface area contributed by atoms with E-state index in [4.69, 9.17) is 0 Å². The number of aromatic nitrogens is 2. The largest absolute Gasteiger partial charge is 0.543 e. The Hall–Kier alpha value is -1.32. The number of carboxylic acids is 1. The third kappa shape index (κ3) is 1.00. The van der Waals surface area contributed by atoms with Gasteiger partial charge in [-0.15, -0.1) is 0 Å². The first-order valence-electron chi connectivity index (χ1n) is 2.99. The summed E-state index contributed by atoms with van der Waals surface area (Å²) in [7, 11) is 0. The van der Waals surface area contributed by atoms with Gasteiger partial charge in [0.1, 0.15) is 0 Å². The van der Waals surface area contributed by atoms with E-state index in [9.17, 15) is 9.90 Å². The average molecular weight is 139 g/mol. The predicted molar refractivity (Wildman–Crippen MR) is 32.2 cm³/mol. The summed E-state index contributed by atoms with van der Waals surface area (Å²) in [5, 5.41) is 14.0. The average Bonchev–Trinajstić information content (AvgIpc) is 2.33. The molecule has 0 aliphatic carbocycles. The van der Waals surface area contributed by atoms with Crippen LogP contribution in [0.2, 0.25) is 0 Å². The van der Waals surface area contributed by atoms with Crippen molar-refractivity contribution in [2.24, 2.45) is 0 Å². The van der Waals surface area contributed by atoms with E-state index in [0.29, 0.717) is 6.54 Å². The molecule has 0 atom stereocenters. The molecule has 0 fully saturated rings. The first-order valence-corrected chi connectivity index (χ1v) is 2.99. The van der Waals surface area contributed by atoms with Crippen LogP contribution in [0.3, 0.4) is 0 Å². The molecular weight excluding hydrogens is 132 g/mol. The molecule has 0 aromatic carbocycles. The molecule has 1 aromatic rings. The van der Waals surface area contributed by atoms with Gasteiger partial charge in [0.15, 0.2) is 0 Å². The third-order valence-corrected chi connectivity index (χ3v) is 1.23. The Balaban J connectivity index is 3.01. The quantitative estimate of drug-likeness (QED) is 0.542. The van der Waals surface area contributed by atoms with Gasteiger partial charge in [-0.2, -0.15) is 5.10 Å². The number of rotatable bonds is 2. The smallest absolute Gasteiger partial charge is 0.0896 e. The second kappa shape index (κ2) is 2.51. The number of carbonyl (C=O) groups excluding carboxylic acids is 1. The van der Waals surface area contributed by atoms with Crippen LogP contribution < -0.4 is 5.11 Å². The number of hydrogen-bond acceptors (Lipinski definition) is 3. The van der Waals surface area contributed by atoms with Crippen molar-refractivity contribution >= 4 is 5.97 Å². The number of nitrogens with zero attached hydrogens (tertiary/aromatic N) is 2. The van der Waals surface area contributed by atoms with Crippen molar-refractivity contribution in [2.75, 3.05) is 0 Å². The molecule has 0 saturated carbocycles. The minimum Gasteiger partial charge on any atom is -0.543 e. The van der Waals surface area contributed by atoms with Crippen LogP contribution >= 0.6 is 0 Å². The van der Waals surface area contributed by atoms with E-state index >= 15 is 0 Å². The van der Waals surface area contributed by atoms with Crippen molar-refractivity contribution in [3.8, 4) is 0 Å². The fourth-order valence-electron chi connectivity index (χ4n) is 0.758. The van der Waals surface area contributed by atoms with E-state index in [1.165, 1.54) is 16.9 Å². The van der Waals surface area contributed by atoms with E-state index < -0.39 is 5.97 Å². The Labute approximate surface area is 58.1 Å². The number of hydrogen-bond donors (Lipinski definition) is 0. The van der Waals surface area contributed by atoms with Crippen LogP contribution in [0.25, 0.3) is 0 Å². The number of carbonyl (C=O) groups is 1. The van der Waals surface area contributed by atoms with Crippen LogP contribution in [0, 0.1) is 0 Å². The normalized spacial score (nSPS) is 9.70. The summed E-state index contributed by atoms with van der Waals surface area (Å²) in [5.74, 6) is -1.18. The van der Waals surface area contributed by atoms with Gasteiger partial charge in [0, 0.05) is 12.7 Å². The Kier molecular flexibility index (Phi) is 1.71. The maximum Gasteiger partial charge on any atom is 0.0896 e. The fourth-order valence-corrected chi connectivity index (χ4v) is 0.758. The Morgan fingerprint density at radius 3 is 3.00 bits per heavy atom. The van der Waals surface area contributed by atoms with Crippen LogP contribution in [-0.4, -0.2) is 15.7 Å². The molecule has 1 rings (SSSR count). The van der Waals surface area contributed by atoms with E-state index in [-0.39, 0.29) is 5.69 Å². The molecule has 54 valence electrons. The summed E-state index contributed by atoms with van der Waals surface area (Å²) in [6, 6.07) is 1.42. The minimum absolute atomic E-state index is 0.127. The zero-order valence-corrected chi connectivity index (χ0v) is 5.57. The lowest BCUT2D eigenvalue weighted by Crippen LogP contribution is -2.25. The fraction of sp³-hybridized carbons (Fsp3) is 0.333. The van der Waals surface area contributed by atoms with Crippen LogP contribution in [-0.2, 0) is 6.54 Å². The molecule has 0 saturated heterocycles. The summed E-state index contributed by atoms with van der Waals surface area (Å²) >= 11 is 0. The summed E-state index contributed by atoms with van der Waals surface area (Å²) in [5.41, 5.74) is 0.127. The topological polar surface area (TPSA) is 58.0 Å². The van der Waals surface area contributed by atoms with E-state index in [1.54, 1.807) is 0 Å². The molecule has 0 spiro atoms. The van der Waals surface area contributed by atoms with Crippen molar-refractivity contribution in [1.82, 2.24) is 9.78 Å². The Morgan fingerprint density at radius 1 is 1.90 bits per heavy atom. The molecular formula is C6H7N2O2-. The zero-order valence-electron chi connectivity index (χ0n) is 5.57. The molecule has 0 N–H and O–H groups in total. The van der Waals surface area contributed by atoms with Crippen molar-refractivity contribution in [2.45, 2.75) is 13.5 Å². The first kappa shape index (κ1) is 6.80. The van der Waals surface area contributed by atoms with E-state index in [0.717, 1.165) is 0 Å². The first-order chi connectivity index (χ1) is 4.75. The standard InChI is InChI=1S/C6H8N2O2/c1-2-8-5(6(9)10)3-4-7-8/h3-4H,2H2,1H3,(H,9,10)/p-1. The molecule has 0 aliphatic rings. The second-order valence-corrected chi connectivity index (χ2v) is 1.82. The lowest BCUT2D eigenvalue weighted by atomic mass is 10.4. The molecule has 4 nitrogen and oxygen atoms in total. The highest BCUT2D eigenvalue weighted by molar-refractivity contribution is 5.83. The summed E-state index contributed by atoms with van der Waals surface area (Å²) in [6.07, 6.45) is 1.44. The number of aromatic carboxylic acids is 1. The summed E-state index contributed by atoms with van der Waals surface area (Å²) < 4.78 is 1.37. The van der Waals surface area contributed by atoms with Crippen molar-refractivity contribution in [3.05, 3.63) is 18.0 Å². The van der Waals surface area contributed by atoms with Gasteiger partial charge in [-0.3, -0.25) is 4.68 Å². The van der Waals surface area contributed by atoms with Crippen molar-refractivity contribution in [1.29, 1.82) is 0 Å². The van der Waals surface area contributed by atoms with Gasteiger partial charge in [0.05, 0.1) is 11.7 Å². The summed E-state index contributed by atoms with van der Waals surface area (Å²) in [6.45, 7) is 2.37. The minimum atomic E-state index is -1.18. The van der Waals surface area contributed by atoms with Gasteiger partial charge < -0.3 is 9.90 Å². The van der Waals surface area contributed by atoms with Gasteiger partial charge in [-0.1, -0.05) is 0 Å². The van der Waals surface area contributed by atoms with Crippen molar-refractivity contribution in [3.63, 3.8) is 0 Å². The van der Waals surface area contributed by atoms with E-state index in [1.807, 2.05) is 6.92 Å². The lowest BCUT2D eigenvalue weighted by molar-refractivity contribution is -0.255. The third-order valence-electron chi connectivity index (χ3n) is 1.23. The van der Waals surface area contributed by atoms with Crippen molar-refractivity contribution < 1.29 is 9.90 Å². The van der Waals surface area contributed by atoms with Crippen LogP contribution in [0.15, 0.2) is 12.3 Å². The predicted octanol–water partition coefficient (Wildman–Crippen LogP) is -0.734. The van der Waals surface area contributed by atoms with Gasteiger partial charge in [0.2, 0.25) is 0 Å². The monoisotopic (exact) mass is 139 g/mol. The highest BCUT2D eigenvalue weighted by Crippen LogP contribution is 1.95. The number of aryl methyl sites for hydroxylation is 1. The number of carboxylic acid groups (broad SMARTS) is 1. The molecule has 4 heteroatoms. The SMILES string of the molecule is CCn1nccc1C(=O)[O-]. The maximum atomic E-state index is 10.3. The van der Waals surface area contributed by atoms with Gasteiger partial charge in [0.25, 0.3) is 0 Å². The molecule has 1 aromatic heterocycles. The highest BCUT2D eigenvalue weighted by atomic mass is 16.4. The Bertz CT molecular complexity index is 242. The molecule has 0 unspecified atom stereocenters. The molecule has 10 heavy (non-hydrogen) atoms. The van der Waals surface area contributed by atoms with Gasteiger partial charge >= 0.3 is 0 Å². The molecule has 0 bridgehead atoms. The van der Waals surface area contributed by atoms with Crippen LogP contribution in [0.1, 0.15) is 17.4 Å². The second-order valence-electron chi connectivity index (χ2n) is 1.82. The molecule has 0 aliphatic heterocycles. The Morgan fingerprint density at radius 2 is 2.60 bits per heavy atom. The van der Waals surface area contributed by atoms with Gasteiger partial charge in [-0.25, -0.2) is 0 Å². The van der Waals surface area contributed by atoms with E-state index in [2.05, 4.69) is 5.10 Å². The highest BCUT2D eigenvalue weighted by Gasteiger charge is 1.98. The van der Waals surface area contributed by atoms with Gasteiger partial charge in [-0.05, 0) is 13.0 Å². The zero-order chi connectivity index (χ0) is 7.56.